The fraction of sp³-hybridized carbons (Fsp3) is 0.400. The average Bonchev–Trinajstić information content (AvgIpc) is 2.66. The second-order valence-electron chi connectivity index (χ2n) is 2.95. The van der Waals surface area contributed by atoms with Crippen LogP contribution in [0, 0.1) is 0 Å². The number of thiol groups is 1. The Labute approximate surface area is 95.9 Å². The molecule has 0 aromatic rings. The van der Waals surface area contributed by atoms with Gasteiger partial charge in [-0.05, 0) is 25.2 Å². The number of rotatable bonds is 6. The van der Waals surface area contributed by atoms with Crippen molar-refractivity contribution in [1.29, 1.82) is 0 Å². The molecule has 1 aliphatic rings. The van der Waals surface area contributed by atoms with Crippen molar-refractivity contribution in [2.45, 2.75) is 13.3 Å². The quantitative estimate of drug-likeness (QED) is 0.437. The van der Waals surface area contributed by atoms with E-state index in [1.807, 2.05) is 6.92 Å². The van der Waals surface area contributed by atoms with Gasteiger partial charge in [0.2, 0.25) is 0 Å². The normalized spacial score (nSPS) is 21.2. The van der Waals surface area contributed by atoms with E-state index in [0.29, 0.717) is 18.8 Å². The smallest absolute Gasteiger partial charge is 0.266 e. The second kappa shape index (κ2) is 7.16. The lowest BCUT2D eigenvalue weighted by Crippen LogP contribution is -1.92. The summed E-state index contributed by atoms with van der Waals surface area (Å²) >= 11 is 0. The Morgan fingerprint density at radius 3 is 3.12 bits per heavy atom. The zero-order valence-electron chi connectivity index (χ0n) is 8.94. The maximum atomic E-state index is 11.8. The first kappa shape index (κ1) is 12.9. The zero-order valence-corrected chi connectivity index (χ0v) is 9.83. The van der Waals surface area contributed by atoms with E-state index in [1.165, 1.54) is 0 Å². The maximum absolute atomic E-state index is 11.8. The van der Waals surface area contributed by atoms with Gasteiger partial charge in [0.25, 0.3) is 6.08 Å². The SMILES string of the molecule is CCO/N=C\C1=CN=C[SH]1CCC=C(F)F. The van der Waals surface area contributed by atoms with Gasteiger partial charge in [-0.25, -0.2) is 0 Å². The molecular formula is C10H14F2N2OS. The fourth-order valence-electron chi connectivity index (χ4n) is 1.10. The molecule has 1 unspecified atom stereocenters. The number of nitrogens with zero attached hydrogens (tertiary/aromatic N) is 2. The van der Waals surface area contributed by atoms with Gasteiger partial charge in [-0.2, -0.15) is 19.7 Å². The highest BCUT2D eigenvalue weighted by molar-refractivity contribution is 8.32. The van der Waals surface area contributed by atoms with Crippen molar-refractivity contribution in [2.24, 2.45) is 10.1 Å². The lowest BCUT2D eigenvalue weighted by Gasteiger charge is -2.11. The van der Waals surface area contributed by atoms with Crippen molar-refractivity contribution in [3.8, 4) is 0 Å². The van der Waals surface area contributed by atoms with Crippen LogP contribution in [0.3, 0.4) is 0 Å². The van der Waals surface area contributed by atoms with Crippen molar-refractivity contribution < 1.29 is 13.6 Å². The summed E-state index contributed by atoms with van der Waals surface area (Å²) in [5.41, 5.74) is 1.80. The van der Waals surface area contributed by atoms with E-state index in [4.69, 9.17) is 4.84 Å². The predicted octanol–water partition coefficient (Wildman–Crippen LogP) is 3.06. The summed E-state index contributed by atoms with van der Waals surface area (Å²) in [5, 5.41) is 3.74. The van der Waals surface area contributed by atoms with E-state index in [0.717, 1.165) is 11.0 Å². The molecule has 0 aromatic carbocycles. The summed E-state index contributed by atoms with van der Waals surface area (Å²) in [7, 11) is -0.594. The number of aliphatic imine (C=N–C) groups is 1. The third-order valence-corrected chi connectivity index (χ3v) is 3.85. The van der Waals surface area contributed by atoms with E-state index in [9.17, 15) is 8.78 Å². The minimum Gasteiger partial charge on any atom is -0.396 e. The van der Waals surface area contributed by atoms with Crippen molar-refractivity contribution in [3.63, 3.8) is 0 Å². The van der Waals surface area contributed by atoms with Gasteiger partial charge in [0.1, 0.15) is 6.61 Å². The Hall–Kier alpha value is -1.17. The summed E-state index contributed by atoms with van der Waals surface area (Å²) in [5.74, 6) is 0.667. The van der Waals surface area contributed by atoms with Crippen LogP contribution in [-0.4, -0.2) is 24.1 Å². The molecule has 0 fully saturated rings. The minimum atomic E-state index is -1.63. The molecule has 0 aromatic heterocycles. The van der Waals surface area contributed by atoms with Crippen LogP contribution in [-0.2, 0) is 4.84 Å². The van der Waals surface area contributed by atoms with Gasteiger partial charge in [-0.3, -0.25) is 4.99 Å². The molecule has 1 atom stereocenters. The Morgan fingerprint density at radius 1 is 1.62 bits per heavy atom. The molecular weight excluding hydrogens is 234 g/mol. The van der Waals surface area contributed by atoms with E-state index in [1.54, 1.807) is 18.0 Å². The molecule has 1 aliphatic heterocycles. The van der Waals surface area contributed by atoms with Crippen LogP contribution in [0.2, 0.25) is 0 Å². The number of hydrogen-bond acceptors (Lipinski definition) is 3. The molecule has 3 nitrogen and oxygen atoms in total. The summed E-state index contributed by atoms with van der Waals surface area (Å²) in [4.78, 5) is 9.80. The first-order valence-electron chi connectivity index (χ1n) is 4.90. The van der Waals surface area contributed by atoms with Crippen molar-refractivity contribution in [3.05, 3.63) is 23.3 Å². The van der Waals surface area contributed by atoms with E-state index in [-0.39, 0.29) is 0 Å². The molecule has 0 aliphatic carbocycles. The molecule has 90 valence electrons. The van der Waals surface area contributed by atoms with Crippen LogP contribution in [0.5, 0.6) is 0 Å². The Balaban J connectivity index is 2.39. The van der Waals surface area contributed by atoms with Gasteiger partial charge in [0.05, 0.1) is 6.21 Å². The highest BCUT2D eigenvalue weighted by atomic mass is 32.2. The van der Waals surface area contributed by atoms with Gasteiger partial charge in [-0.15, -0.1) is 0 Å². The van der Waals surface area contributed by atoms with Crippen LogP contribution in [0.4, 0.5) is 8.78 Å². The monoisotopic (exact) mass is 248 g/mol. The summed E-state index contributed by atoms with van der Waals surface area (Å²) in [6.45, 7) is 2.35. The van der Waals surface area contributed by atoms with Gasteiger partial charge >= 0.3 is 0 Å². The summed E-state index contributed by atoms with van der Waals surface area (Å²) in [6, 6.07) is 0. The Morgan fingerprint density at radius 2 is 2.44 bits per heavy atom. The largest absolute Gasteiger partial charge is 0.396 e. The summed E-state index contributed by atoms with van der Waals surface area (Å²) in [6.07, 6.45) is 2.98. The lowest BCUT2D eigenvalue weighted by molar-refractivity contribution is 0.160. The van der Waals surface area contributed by atoms with Crippen LogP contribution in [0.1, 0.15) is 13.3 Å². The standard InChI is InChI=1S/C10H14F2N2OS/c1-2-15-14-7-9-6-13-8-16(9)5-3-4-10(11)12/h4,6-8,16H,2-3,5H2,1H3/b14-7-. The van der Waals surface area contributed by atoms with Crippen LogP contribution in [0.25, 0.3) is 0 Å². The van der Waals surface area contributed by atoms with E-state index < -0.39 is 17.0 Å². The molecule has 0 spiro atoms. The van der Waals surface area contributed by atoms with Gasteiger partial charge < -0.3 is 4.84 Å². The number of hydrogen-bond donors (Lipinski definition) is 1. The molecule has 16 heavy (non-hydrogen) atoms. The number of halogens is 2. The molecule has 0 bridgehead atoms. The highest BCUT2D eigenvalue weighted by Crippen LogP contribution is 2.36. The Kier molecular flexibility index (Phi) is 5.77. The van der Waals surface area contributed by atoms with Crippen molar-refractivity contribution in [2.75, 3.05) is 12.4 Å². The molecule has 0 radical (unpaired) electrons. The average molecular weight is 248 g/mol. The lowest BCUT2D eigenvalue weighted by atomic mass is 10.5. The molecule has 0 saturated carbocycles. The van der Waals surface area contributed by atoms with E-state index >= 15 is 0 Å². The van der Waals surface area contributed by atoms with Crippen LogP contribution in [0.15, 0.2) is 33.4 Å². The second-order valence-corrected chi connectivity index (χ2v) is 5.08. The number of oxime groups is 1. The fourth-order valence-corrected chi connectivity index (χ4v) is 2.66. The molecule has 1 rings (SSSR count). The third kappa shape index (κ3) is 4.57. The van der Waals surface area contributed by atoms with Crippen LogP contribution >= 0.6 is 10.9 Å². The first-order valence-corrected chi connectivity index (χ1v) is 6.50. The van der Waals surface area contributed by atoms with Crippen molar-refractivity contribution >= 4 is 22.7 Å². The van der Waals surface area contributed by atoms with Gasteiger partial charge in [0, 0.05) is 16.7 Å². The van der Waals surface area contributed by atoms with Crippen LogP contribution < -0.4 is 0 Å². The zero-order chi connectivity index (χ0) is 11.8. The summed E-state index contributed by atoms with van der Waals surface area (Å²) < 4.78 is 23.7. The highest BCUT2D eigenvalue weighted by Gasteiger charge is 2.09. The molecule has 1 heterocycles. The third-order valence-electron chi connectivity index (χ3n) is 1.80. The Bertz CT molecular complexity index is 336. The number of allylic oxidation sites excluding steroid dienone is 2. The molecule has 0 N–H and O–H groups in total. The van der Waals surface area contributed by atoms with Gasteiger partial charge in [-0.1, -0.05) is 5.16 Å². The van der Waals surface area contributed by atoms with E-state index in [2.05, 4.69) is 10.1 Å². The molecule has 6 heteroatoms. The minimum absolute atomic E-state index is 0.361. The molecule has 0 amide bonds. The van der Waals surface area contributed by atoms with Crippen molar-refractivity contribution in [1.82, 2.24) is 0 Å². The topological polar surface area (TPSA) is 34.0 Å². The molecule has 0 saturated heterocycles. The maximum Gasteiger partial charge on any atom is 0.266 e. The first-order chi connectivity index (χ1) is 7.74. The van der Waals surface area contributed by atoms with Gasteiger partial charge in [0.15, 0.2) is 0 Å². The predicted molar refractivity (Wildman–Crippen MR) is 65.5 cm³/mol.